The predicted octanol–water partition coefficient (Wildman–Crippen LogP) is 5.60. The van der Waals surface area contributed by atoms with Crippen molar-refractivity contribution in [1.29, 1.82) is 0 Å². The molecule has 3 aromatic rings. The van der Waals surface area contributed by atoms with Gasteiger partial charge in [0.15, 0.2) is 5.78 Å². The van der Waals surface area contributed by atoms with Crippen molar-refractivity contribution in [3.8, 4) is 5.75 Å². The highest BCUT2D eigenvalue weighted by Crippen LogP contribution is 2.53. The van der Waals surface area contributed by atoms with Gasteiger partial charge in [0.2, 0.25) is 0 Å². The van der Waals surface area contributed by atoms with E-state index in [1.807, 2.05) is 0 Å². The molecule has 12 heteroatoms. The molecule has 0 bridgehead atoms. The molecule has 8 nitrogen and oxygen atoms in total. The fourth-order valence-corrected chi connectivity index (χ4v) is 6.13. The van der Waals surface area contributed by atoms with Crippen LogP contribution in [0.2, 0.25) is 0 Å². The number of methoxy groups -OCH3 is 3. The molecule has 0 amide bonds. The van der Waals surface area contributed by atoms with Crippen molar-refractivity contribution in [1.82, 2.24) is 0 Å². The molecular weight excluding hydrogens is 596 g/mol. The number of hydrogen-bond acceptors (Lipinski definition) is 8. The van der Waals surface area contributed by atoms with Gasteiger partial charge in [-0.1, -0.05) is 36.4 Å². The van der Waals surface area contributed by atoms with Crippen molar-refractivity contribution in [3.63, 3.8) is 0 Å². The molecule has 1 heterocycles. The number of ketones is 1. The molecule has 5 rings (SSSR count). The molecule has 3 unspecified atom stereocenters. The molecular formula is C33H28F4N2O6. The first kappa shape index (κ1) is 31.3. The second-order valence-electron chi connectivity index (χ2n) is 10.4. The van der Waals surface area contributed by atoms with E-state index in [1.165, 1.54) is 42.3 Å². The number of allylic oxidation sites excluding steroid dienone is 2. The third-order valence-electron chi connectivity index (χ3n) is 8.09. The lowest BCUT2D eigenvalue weighted by atomic mass is 9.66. The molecule has 2 aliphatic rings. The highest BCUT2D eigenvalue weighted by Gasteiger charge is 2.52. The minimum atomic E-state index is -4.89. The van der Waals surface area contributed by atoms with Gasteiger partial charge in [0.25, 0.3) is 0 Å². The van der Waals surface area contributed by atoms with Crippen LogP contribution in [0.15, 0.2) is 95.5 Å². The van der Waals surface area contributed by atoms with Crippen LogP contribution in [0.1, 0.15) is 34.9 Å². The van der Waals surface area contributed by atoms with Gasteiger partial charge in [-0.3, -0.25) is 14.5 Å². The van der Waals surface area contributed by atoms with E-state index in [2.05, 4.69) is 0 Å². The summed E-state index contributed by atoms with van der Waals surface area (Å²) in [5.74, 6) is -7.50. The van der Waals surface area contributed by atoms with Crippen molar-refractivity contribution >= 4 is 23.4 Å². The van der Waals surface area contributed by atoms with Crippen LogP contribution in [-0.2, 0) is 30.0 Å². The lowest BCUT2D eigenvalue weighted by Crippen LogP contribution is -2.46. The Kier molecular flexibility index (Phi) is 8.42. The Hall–Kier alpha value is -5.13. The molecule has 0 saturated carbocycles. The maximum Gasteiger partial charge on any atom is 0.416 e. The fourth-order valence-electron chi connectivity index (χ4n) is 6.13. The van der Waals surface area contributed by atoms with E-state index in [4.69, 9.17) is 19.9 Å². The highest BCUT2D eigenvalue weighted by atomic mass is 19.4. The van der Waals surface area contributed by atoms with Crippen LogP contribution in [0.5, 0.6) is 5.75 Å². The van der Waals surface area contributed by atoms with Gasteiger partial charge in [0.1, 0.15) is 23.3 Å². The Morgan fingerprint density at radius 1 is 0.933 bits per heavy atom. The van der Waals surface area contributed by atoms with Crippen molar-refractivity contribution in [2.24, 2.45) is 11.7 Å². The summed E-state index contributed by atoms with van der Waals surface area (Å²) in [6.07, 6.45) is -5.01. The monoisotopic (exact) mass is 624 g/mol. The first-order valence-corrected chi connectivity index (χ1v) is 13.7. The first-order chi connectivity index (χ1) is 21.4. The van der Waals surface area contributed by atoms with Crippen LogP contribution in [-0.4, -0.2) is 39.1 Å². The van der Waals surface area contributed by atoms with Crippen LogP contribution >= 0.6 is 0 Å². The number of carbonyl (C=O) groups excluding carboxylic acids is 3. The van der Waals surface area contributed by atoms with E-state index in [-0.39, 0.29) is 29.2 Å². The number of hydrogen-bond donors (Lipinski definition) is 1. The van der Waals surface area contributed by atoms with Gasteiger partial charge in [-0.25, -0.2) is 9.18 Å². The molecule has 0 aromatic heterocycles. The number of carbonyl (C=O) groups is 3. The van der Waals surface area contributed by atoms with Gasteiger partial charge in [-0.15, -0.1) is 0 Å². The molecule has 0 spiro atoms. The summed E-state index contributed by atoms with van der Waals surface area (Å²) in [6, 6.07) is 16.2. The summed E-state index contributed by atoms with van der Waals surface area (Å²) in [5.41, 5.74) is 5.01. The number of ether oxygens (including phenoxy) is 3. The number of benzene rings is 3. The number of Topliss-reactive ketones (excluding diaryl/α,β-unsaturated/α-hetero) is 1. The average Bonchev–Trinajstić information content (AvgIpc) is 3.03. The fraction of sp³-hybridized carbons (Fsp3) is 0.242. The van der Waals surface area contributed by atoms with E-state index in [9.17, 15) is 31.9 Å². The largest absolute Gasteiger partial charge is 0.497 e. The molecule has 0 fully saturated rings. The average molecular weight is 625 g/mol. The van der Waals surface area contributed by atoms with E-state index >= 15 is 0 Å². The number of anilines is 1. The number of nitrogens with zero attached hydrogens (tertiary/aromatic N) is 1. The lowest BCUT2D eigenvalue weighted by Gasteiger charge is -2.44. The topological polar surface area (TPSA) is 108 Å². The highest BCUT2D eigenvalue weighted by molar-refractivity contribution is 6.14. The quantitative estimate of drug-likeness (QED) is 0.215. The summed E-state index contributed by atoms with van der Waals surface area (Å²) in [6.45, 7) is 0. The second kappa shape index (κ2) is 12.1. The number of esters is 2. The molecule has 2 N–H and O–H groups in total. The third kappa shape index (κ3) is 5.52. The number of nitrogens with two attached hydrogens (primary N) is 1. The zero-order valence-corrected chi connectivity index (χ0v) is 24.4. The molecule has 3 atom stereocenters. The Bertz CT molecular complexity index is 1730. The molecule has 1 aliphatic heterocycles. The van der Waals surface area contributed by atoms with Crippen molar-refractivity contribution in [3.05, 3.63) is 118 Å². The number of halogens is 4. The zero-order valence-electron chi connectivity index (χ0n) is 24.4. The van der Waals surface area contributed by atoms with Crippen LogP contribution in [0.3, 0.4) is 0 Å². The lowest BCUT2D eigenvalue weighted by molar-refractivity contribution is -0.150. The van der Waals surface area contributed by atoms with Crippen molar-refractivity contribution < 1.29 is 46.2 Å². The minimum Gasteiger partial charge on any atom is -0.497 e. The first-order valence-electron chi connectivity index (χ1n) is 13.7. The summed E-state index contributed by atoms with van der Waals surface area (Å²) in [5, 5.41) is 0. The molecule has 0 radical (unpaired) electrons. The maximum absolute atomic E-state index is 14.6. The summed E-state index contributed by atoms with van der Waals surface area (Å²) >= 11 is 0. The molecule has 45 heavy (non-hydrogen) atoms. The van der Waals surface area contributed by atoms with Gasteiger partial charge in [-0.2, -0.15) is 13.2 Å². The molecule has 3 aromatic carbocycles. The SMILES string of the molecule is COC(=O)C1=C(N)N(c2cccc(F)c2)C2=C(C(=O)C(C(=O)OC)C(c3ccc(OC)cc3)C2)C1c1ccccc1C(F)(F)F. The van der Waals surface area contributed by atoms with Crippen LogP contribution in [0, 0.1) is 11.7 Å². The number of alkyl halides is 3. The Labute approximate surface area is 255 Å². The van der Waals surface area contributed by atoms with Gasteiger partial charge in [0, 0.05) is 17.2 Å². The van der Waals surface area contributed by atoms with Crippen LogP contribution in [0.4, 0.5) is 23.2 Å². The normalized spacial score (nSPS) is 20.1. The van der Waals surface area contributed by atoms with Crippen LogP contribution in [0.25, 0.3) is 0 Å². The Morgan fingerprint density at radius 3 is 2.22 bits per heavy atom. The number of rotatable bonds is 6. The predicted molar refractivity (Wildman–Crippen MR) is 154 cm³/mol. The van der Waals surface area contributed by atoms with Crippen molar-refractivity contribution in [2.75, 3.05) is 26.2 Å². The Morgan fingerprint density at radius 2 is 1.62 bits per heavy atom. The zero-order chi connectivity index (χ0) is 32.6. The second-order valence-corrected chi connectivity index (χ2v) is 10.4. The van der Waals surface area contributed by atoms with E-state index in [0.29, 0.717) is 11.3 Å². The smallest absolute Gasteiger partial charge is 0.416 e. The van der Waals surface area contributed by atoms with E-state index in [0.717, 1.165) is 32.4 Å². The summed E-state index contributed by atoms with van der Waals surface area (Å²) < 4.78 is 73.1. The van der Waals surface area contributed by atoms with Gasteiger partial charge >= 0.3 is 18.1 Å². The van der Waals surface area contributed by atoms with Crippen LogP contribution < -0.4 is 15.4 Å². The van der Waals surface area contributed by atoms with Gasteiger partial charge < -0.3 is 19.9 Å². The van der Waals surface area contributed by atoms with Gasteiger partial charge in [0.05, 0.1) is 44.1 Å². The summed E-state index contributed by atoms with van der Waals surface area (Å²) in [7, 11) is 3.59. The molecule has 0 saturated heterocycles. The standard InChI is InChI=1S/C33H28F4N2O6/c1-43-20-13-11-17(12-14-20)22-16-24-27(29(40)26(22)31(41)44-2)25(21-9-4-5-10-23(21)33(35,36)37)28(32(42)45-3)30(38)39(24)19-8-6-7-18(34)15-19/h4-15,22,25-26H,16,38H2,1-3H3. The maximum atomic E-state index is 14.6. The Balaban J connectivity index is 1.87. The molecule has 1 aliphatic carbocycles. The summed E-state index contributed by atoms with van der Waals surface area (Å²) in [4.78, 5) is 42.6. The van der Waals surface area contributed by atoms with Crippen molar-refractivity contribution in [2.45, 2.75) is 24.4 Å². The van der Waals surface area contributed by atoms with E-state index in [1.54, 1.807) is 24.3 Å². The third-order valence-corrected chi connectivity index (χ3v) is 8.09. The molecule has 234 valence electrons. The van der Waals surface area contributed by atoms with Gasteiger partial charge in [-0.05, 0) is 53.9 Å². The van der Waals surface area contributed by atoms with E-state index < -0.39 is 64.2 Å². The minimum absolute atomic E-state index is 0.0960.